The van der Waals surface area contributed by atoms with E-state index in [1.165, 1.54) is 5.69 Å². The molecule has 1 atom stereocenters. The number of hydrogen-bond acceptors (Lipinski definition) is 2. The van der Waals surface area contributed by atoms with Gasteiger partial charge in [0.2, 0.25) is 0 Å². The second kappa shape index (κ2) is 5.10. The first-order chi connectivity index (χ1) is 8.37. The summed E-state index contributed by atoms with van der Waals surface area (Å²) in [5.74, 6) is 0. The monoisotopic (exact) mass is 266 g/mol. The van der Waals surface area contributed by atoms with E-state index in [9.17, 15) is 0 Å². The first-order valence-electron chi connectivity index (χ1n) is 6.62. The summed E-state index contributed by atoms with van der Waals surface area (Å²) in [6, 6.07) is 6.88. The average Bonchev–Trinajstić information content (AvgIpc) is 2.42. The van der Waals surface area contributed by atoms with E-state index in [2.05, 4.69) is 49.2 Å². The lowest BCUT2D eigenvalue weighted by Crippen LogP contribution is -2.35. The van der Waals surface area contributed by atoms with Gasteiger partial charge in [-0.3, -0.25) is 0 Å². The summed E-state index contributed by atoms with van der Waals surface area (Å²) in [6.07, 6.45) is 0. The predicted octanol–water partition coefficient (Wildman–Crippen LogP) is 3.47. The summed E-state index contributed by atoms with van der Waals surface area (Å²) in [5, 5.41) is 4.44. The van der Waals surface area contributed by atoms with E-state index in [1.54, 1.807) is 0 Å². The fraction of sp³-hybridized carbons (Fsp3) is 0.600. The maximum atomic E-state index is 6.24. The zero-order chi connectivity index (χ0) is 13.3. The maximum Gasteiger partial charge on any atom is 0.0455 e. The highest BCUT2D eigenvalue weighted by atomic mass is 35.5. The van der Waals surface area contributed by atoms with E-state index in [-0.39, 0.29) is 5.41 Å². The molecule has 0 spiro atoms. The van der Waals surface area contributed by atoms with Crippen molar-refractivity contribution < 1.29 is 0 Å². The summed E-state index contributed by atoms with van der Waals surface area (Å²) in [7, 11) is 0. The van der Waals surface area contributed by atoms with Crippen molar-refractivity contribution in [2.75, 3.05) is 24.5 Å². The SMILES string of the molecule is Cc1ccc(N2CC(C)NCC(C)(C)C2)cc1Cl. The minimum Gasteiger partial charge on any atom is -0.369 e. The van der Waals surface area contributed by atoms with Crippen LogP contribution in [0.4, 0.5) is 5.69 Å². The molecule has 0 aliphatic carbocycles. The van der Waals surface area contributed by atoms with Gasteiger partial charge in [0.05, 0.1) is 0 Å². The molecule has 1 N–H and O–H groups in total. The molecule has 3 heteroatoms. The van der Waals surface area contributed by atoms with Crippen LogP contribution in [-0.2, 0) is 0 Å². The molecule has 0 bridgehead atoms. The summed E-state index contributed by atoms with van der Waals surface area (Å²) in [5.41, 5.74) is 2.65. The first-order valence-corrected chi connectivity index (χ1v) is 7.00. The molecule has 1 aromatic carbocycles. The quantitative estimate of drug-likeness (QED) is 0.837. The molecule has 0 amide bonds. The average molecular weight is 267 g/mol. The van der Waals surface area contributed by atoms with E-state index in [4.69, 9.17) is 11.6 Å². The Bertz CT molecular complexity index is 429. The second-order valence-electron chi connectivity index (χ2n) is 6.26. The van der Waals surface area contributed by atoms with Crippen LogP contribution in [0.3, 0.4) is 0 Å². The van der Waals surface area contributed by atoms with Crippen LogP contribution in [0, 0.1) is 12.3 Å². The van der Waals surface area contributed by atoms with Gasteiger partial charge in [0.1, 0.15) is 0 Å². The van der Waals surface area contributed by atoms with E-state index in [0.717, 1.165) is 30.2 Å². The van der Waals surface area contributed by atoms with Crippen LogP contribution in [0.1, 0.15) is 26.3 Å². The van der Waals surface area contributed by atoms with Gasteiger partial charge in [-0.05, 0) is 37.0 Å². The molecule has 1 aromatic rings. The molecule has 1 aliphatic rings. The van der Waals surface area contributed by atoms with Gasteiger partial charge in [-0.25, -0.2) is 0 Å². The number of anilines is 1. The van der Waals surface area contributed by atoms with Crippen LogP contribution in [0.15, 0.2) is 18.2 Å². The number of hydrogen-bond donors (Lipinski definition) is 1. The first kappa shape index (κ1) is 13.7. The molecule has 1 fully saturated rings. The Morgan fingerprint density at radius 1 is 1.39 bits per heavy atom. The van der Waals surface area contributed by atoms with Gasteiger partial charge in [0, 0.05) is 36.4 Å². The van der Waals surface area contributed by atoms with Gasteiger partial charge < -0.3 is 10.2 Å². The molecule has 0 saturated carbocycles. The molecule has 0 radical (unpaired) electrons. The molecular weight excluding hydrogens is 244 g/mol. The number of benzene rings is 1. The van der Waals surface area contributed by atoms with Crippen molar-refractivity contribution in [1.29, 1.82) is 0 Å². The lowest BCUT2D eigenvalue weighted by atomic mass is 9.93. The molecule has 1 aliphatic heterocycles. The highest BCUT2D eigenvalue weighted by Gasteiger charge is 2.27. The van der Waals surface area contributed by atoms with Crippen LogP contribution in [-0.4, -0.2) is 25.7 Å². The summed E-state index contributed by atoms with van der Waals surface area (Å²) >= 11 is 6.24. The number of nitrogens with one attached hydrogen (secondary N) is 1. The van der Waals surface area contributed by atoms with Crippen LogP contribution in [0.25, 0.3) is 0 Å². The van der Waals surface area contributed by atoms with Gasteiger partial charge in [0.15, 0.2) is 0 Å². The Kier molecular flexibility index (Phi) is 3.88. The highest BCUT2D eigenvalue weighted by molar-refractivity contribution is 6.31. The summed E-state index contributed by atoms with van der Waals surface area (Å²) < 4.78 is 0. The number of aryl methyl sites for hydroxylation is 1. The Labute approximate surface area is 115 Å². The molecule has 1 heterocycles. The van der Waals surface area contributed by atoms with Gasteiger partial charge in [-0.15, -0.1) is 0 Å². The van der Waals surface area contributed by atoms with E-state index in [0.29, 0.717) is 6.04 Å². The largest absolute Gasteiger partial charge is 0.369 e. The third-order valence-electron chi connectivity index (χ3n) is 3.56. The topological polar surface area (TPSA) is 15.3 Å². The van der Waals surface area contributed by atoms with Crippen molar-refractivity contribution in [2.45, 2.75) is 33.7 Å². The number of halogens is 1. The Balaban J connectivity index is 2.26. The number of rotatable bonds is 1. The van der Waals surface area contributed by atoms with Crippen molar-refractivity contribution in [1.82, 2.24) is 5.32 Å². The standard InChI is InChI=1S/C15H23ClN2/c1-11-5-6-13(7-14(11)16)18-8-12(2)17-9-15(3,4)10-18/h5-7,12,17H,8-10H2,1-4H3. The van der Waals surface area contributed by atoms with Crippen molar-refractivity contribution in [2.24, 2.45) is 5.41 Å². The lowest BCUT2D eigenvalue weighted by molar-refractivity contribution is 0.362. The van der Waals surface area contributed by atoms with Gasteiger partial charge in [-0.1, -0.05) is 31.5 Å². The van der Waals surface area contributed by atoms with Crippen LogP contribution in [0.2, 0.25) is 5.02 Å². The van der Waals surface area contributed by atoms with Crippen LogP contribution >= 0.6 is 11.6 Å². The predicted molar refractivity (Wildman–Crippen MR) is 79.6 cm³/mol. The smallest absolute Gasteiger partial charge is 0.0455 e. The van der Waals surface area contributed by atoms with E-state index < -0.39 is 0 Å². The maximum absolute atomic E-state index is 6.24. The zero-order valence-corrected chi connectivity index (χ0v) is 12.5. The Hall–Kier alpha value is -0.730. The Morgan fingerprint density at radius 3 is 2.78 bits per heavy atom. The zero-order valence-electron chi connectivity index (χ0n) is 11.8. The van der Waals surface area contributed by atoms with Gasteiger partial charge in [-0.2, -0.15) is 0 Å². The molecule has 1 unspecified atom stereocenters. The number of nitrogens with zero attached hydrogens (tertiary/aromatic N) is 1. The van der Waals surface area contributed by atoms with E-state index >= 15 is 0 Å². The molecule has 1 saturated heterocycles. The summed E-state index contributed by atoms with van der Waals surface area (Å²) in [4.78, 5) is 2.44. The normalized spacial score (nSPS) is 23.8. The molecule has 18 heavy (non-hydrogen) atoms. The van der Waals surface area contributed by atoms with Crippen LogP contribution in [0.5, 0.6) is 0 Å². The fourth-order valence-corrected chi connectivity index (χ4v) is 2.63. The fourth-order valence-electron chi connectivity index (χ4n) is 2.46. The minimum absolute atomic E-state index is 0.280. The minimum atomic E-state index is 0.280. The molecule has 2 nitrogen and oxygen atoms in total. The Morgan fingerprint density at radius 2 is 2.11 bits per heavy atom. The molecule has 2 rings (SSSR count). The third kappa shape index (κ3) is 3.18. The summed E-state index contributed by atoms with van der Waals surface area (Å²) in [6.45, 7) is 12.0. The van der Waals surface area contributed by atoms with Gasteiger partial charge in [0.25, 0.3) is 0 Å². The van der Waals surface area contributed by atoms with Crippen molar-refractivity contribution in [3.8, 4) is 0 Å². The molecular formula is C15H23ClN2. The van der Waals surface area contributed by atoms with Crippen molar-refractivity contribution in [3.63, 3.8) is 0 Å². The molecule has 0 aromatic heterocycles. The van der Waals surface area contributed by atoms with Gasteiger partial charge >= 0.3 is 0 Å². The van der Waals surface area contributed by atoms with E-state index in [1.807, 2.05) is 6.92 Å². The van der Waals surface area contributed by atoms with Crippen LogP contribution < -0.4 is 10.2 Å². The molecule has 100 valence electrons. The van der Waals surface area contributed by atoms with Crippen molar-refractivity contribution in [3.05, 3.63) is 28.8 Å². The third-order valence-corrected chi connectivity index (χ3v) is 3.97. The second-order valence-corrected chi connectivity index (χ2v) is 6.67. The highest BCUT2D eigenvalue weighted by Crippen LogP contribution is 2.27. The van der Waals surface area contributed by atoms with Crippen molar-refractivity contribution >= 4 is 17.3 Å². The lowest BCUT2D eigenvalue weighted by Gasteiger charge is -2.31.